The van der Waals surface area contributed by atoms with Gasteiger partial charge in [-0.15, -0.1) is 0 Å². The first-order valence-corrected chi connectivity index (χ1v) is 11.4. The largest absolute Gasteiger partial charge is 0.494 e. The van der Waals surface area contributed by atoms with Crippen LogP contribution in [0.15, 0.2) is 42.5 Å². The van der Waals surface area contributed by atoms with Crippen LogP contribution in [0.3, 0.4) is 0 Å². The van der Waals surface area contributed by atoms with Gasteiger partial charge in [0.05, 0.1) is 29.1 Å². The van der Waals surface area contributed by atoms with Crippen LogP contribution in [-0.4, -0.2) is 49.0 Å². The van der Waals surface area contributed by atoms with E-state index >= 15 is 0 Å². The number of benzene rings is 2. The van der Waals surface area contributed by atoms with Gasteiger partial charge in [-0.3, -0.25) is 4.79 Å². The van der Waals surface area contributed by atoms with Gasteiger partial charge in [-0.1, -0.05) is 48.3 Å². The molecule has 1 amide bonds. The van der Waals surface area contributed by atoms with Crippen LogP contribution in [0.5, 0.6) is 5.75 Å². The standard InChI is InChI=1S/C24H30Cl2N2O2/c1-3-13-30-20-8-6-7-19(16-20)23(17-28-11-4-5-12-28)27(2)24(29)15-18-9-10-21(25)22(26)14-18/h6-10,14,16,23H,3-5,11-13,15,17H2,1-2H3. The quantitative estimate of drug-likeness (QED) is 0.498. The molecule has 0 aliphatic carbocycles. The van der Waals surface area contributed by atoms with Crippen LogP contribution in [0.25, 0.3) is 0 Å². The molecule has 1 aliphatic heterocycles. The third kappa shape index (κ3) is 6.13. The van der Waals surface area contributed by atoms with Crippen LogP contribution in [0.2, 0.25) is 10.0 Å². The predicted molar refractivity (Wildman–Crippen MR) is 124 cm³/mol. The Hall–Kier alpha value is -1.75. The van der Waals surface area contributed by atoms with Gasteiger partial charge in [0, 0.05) is 13.6 Å². The van der Waals surface area contributed by atoms with Crippen LogP contribution >= 0.6 is 23.2 Å². The number of rotatable bonds is 9. The van der Waals surface area contributed by atoms with Gasteiger partial charge >= 0.3 is 0 Å². The van der Waals surface area contributed by atoms with Gasteiger partial charge in [0.2, 0.25) is 5.91 Å². The van der Waals surface area contributed by atoms with Gasteiger partial charge in [-0.2, -0.15) is 0 Å². The molecule has 1 atom stereocenters. The number of likely N-dealkylation sites (N-methyl/N-ethyl adjacent to an activating group) is 1. The molecule has 0 spiro atoms. The molecule has 0 saturated carbocycles. The van der Waals surface area contributed by atoms with Crippen molar-refractivity contribution < 1.29 is 9.53 Å². The van der Waals surface area contributed by atoms with Crippen LogP contribution in [0.1, 0.15) is 43.4 Å². The van der Waals surface area contributed by atoms with Crippen molar-refractivity contribution in [2.24, 2.45) is 0 Å². The molecule has 1 fully saturated rings. The summed E-state index contributed by atoms with van der Waals surface area (Å²) in [6.07, 6.45) is 3.68. The Morgan fingerprint density at radius 3 is 2.60 bits per heavy atom. The van der Waals surface area contributed by atoms with E-state index < -0.39 is 0 Å². The minimum Gasteiger partial charge on any atom is -0.494 e. The molecule has 2 aromatic carbocycles. The highest BCUT2D eigenvalue weighted by atomic mass is 35.5. The number of amides is 1. The average molecular weight is 449 g/mol. The maximum absolute atomic E-state index is 13.2. The Labute approximate surface area is 189 Å². The maximum Gasteiger partial charge on any atom is 0.227 e. The van der Waals surface area contributed by atoms with Crippen molar-refractivity contribution in [2.45, 2.75) is 38.6 Å². The maximum atomic E-state index is 13.2. The Morgan fingerprint density at radius 2 is 1.90 bits per heavy atom. The smallest absolute Gasteiger partial charge is 0.227 e. The molecule has 4 nitrogen and oxygen atoms in total. The molecule has 1 aliphatic rings. The first-order chi connectivity index (χ1) is 14.5. The molecular formula is C24H30Cl2N2O2. The molecule has 1 unspecified atom stereocenters. The van der Waals surface area contributed by atoms with E-state index in [1.807, 2.05) is 30.1 Å². The summed E-state index contributed by atoms with van der Waals surface area (Å²) in [7, 11) is 1.89. The fraction of sp³-hybridized carbons (Fsp3) is 0.458. The number of carbonyl (C=O) groups excluding carboxylic acids is 1. The van der Waals surface area contributed by atoms with Crippen LogP contribution < -0.4 is 4.74 Å². The van der Waals surface area contributed by atoms with Crippen molar-refractivity contribution in [2.75, 3.05) is 33.3 Å². The van der Waals surface area contributed by atoms with E-state index in [0.29, 0.717) is 16.7 Å². The molecule has 2 aromatic rings. The lowest BCUT2D eigenvalue weighted by Gasteiger charge is -2.32. The molecule has 0 aromatic heterocycles. The predicted octanol–water partition coefficient (Wildman–Crippen LogP) is 5.62. The average Bonchev–Trinajstić information content (AvgIpc) is 3.26. The lowest BCUT2D eigenvalue weighted by Crippen LogP contribution is -2.39. The molecule has 30 heavy (non-hydrogen) atoms. The molecule has 1 heterocycles. The lowest BCUT2D eigenvalue weighted by molar-refractivity contribution is -0.131. The summed E-state index contributed by atoms with van der Waals surface area (Å²) in [6.45, 7) is 5.76. The molecular weight excluding hydrogens is 419 g/mol. The van der Waals surface area contributed by atoms with Crippen molar-refractivity contribution in [1.82, 2.24) is 9.80 Å². The second-order valence-corrected chi connectivity index (χ2v) is 8.69. The zero-order chi connectivity index (χ0) is 21.5. The number of ether oxygens (including phenoxy) is 1. The zero-order valence-electron chi connectivity index (χ0n) is 17.7. The number of halogens is 2. The Kier molecular flexibility index (Phi) is 8.43. The summed E-state index contributed by atoms with van der Waals surface area (Å²) in [5.74, 6) is 0.906. The van der Waals surface area contributed by atoms with Crippen molar-refractivity contribution in [1.29, 1.82) is 0 Å². The number of likely N-dealkylation sites (tertiary alicyclic amines) is 1. The minimum atomic E-state index is -0.0384. The molecule has 6 heteroatoms. The van der Waals surface area contributed by atoms with E-state index in [1.54, 1.807) is 12.1 Å². The number of carbonyl (C=O) groups is 1. The van der Waals surface area contributed by atoms with Crippen molar-refractivity contribution >= 4 is 29.1 Å². The van der Waals surface area contributed by atoms with E-state index in [0.717, 1.165) is 42.9 Å². The van der Waals surface area contributed by atoms with E-state index in [-0.39, 0.29) is 18.4 Å². The van der Waals surface area contributed by atoms with Crippen LogP contribution in [-0.2, 0) is 11.2 Å². The number of hydrogen-bond donors (Lipinski definition) is 0. The summed E-state index contributed by atoms with van der Waals surface area (Å²) >= 11 is 12.1. The van der Waals surface area contributed by atoms with Crippen molar-refractivity contribution in [3.05, 3.63) is 63.6 Å². The second kappa shape index (κ2) is 11.0. The van der Waals surface area contributed by atoms with Gasteiger partial charge in [0.15, 0.2) is 0 Å². The topological polar surface area (TPSA) is 32.8 Å². The SMILES string of the molecule is CCCOc1cccc(C(CN2CCCC2)N(C)C(=O)Cc2ccc(Cl)c(Cl)c2)c1. The van der Waals surface area contributed by atoms with Crippen LogP contribution in [0.4, 0.5) is 0 Å². The Balaban J connectivity index is 1.79. The van der Waals surface area contributed by atoms with E-state index in [9.17, 15) is 4.79 Å². The van der Waals surface area contributed by atoms with Gasteiger partial charge in [-0.25, -0.2) is 0 Å². The zero-order valence-corrected chi connectivity index (χ0v) is 19.3. The Morgan fingerprint density at radius 1 is 1.13 bits per heavy atom. The van der Waals surface area contributed by atoms with Gasteiger partial charge < -0.3 is 14.5 Å². The van der Waals surface area contributed by atoms with E-state index in [4.69, 9.17) is 27.9 Å². The summed E-state index contributed by atoms with van der Waals surface area (Å²) in [5.41, 5.74) is 1.96. The normalized spacial score (nSPS) is 15.2. The van der Waals surface area contributed by atoms with Gasteiger partial charge in [-0.05, 0) is 67.7 Å². The summed E-state index contributed by atoms with van der Waals surface area (Å²) < 4.78 is 5.83. The minimum absolute atomic E-state index is 0.0384. The Bertz CT molecular complexity index is 853. The van der Waals surface area contributed by atoms with Crippen molar-refractivity contribution in [3.63, 3.8) is 0 Å². The molecule has 1 saturated heterocycles. The molecule has 0 radical (unpaired) electrons. The summed E-state index contributed by atoms with van der Waals surface area (Å²) in [4.78, 5) is 17.5. The number of hydrogen-bond acceptors (Lipinski definition) is 3. The third-order valence-electron chi connectivity index (χ3n) is 5.55. The fourth-order valence-corrected chi connectivity index (χ4v) is 4.14. The van der Waals surface area contributed by atoms with Gasteiger partial charge in [0.1, 0.15) is 5.75 Å². The summed E-state index contributed by atoms with van der Waals surface area (Å²) in [6, 6.07) is 13.5. The van der Waals surface area contributed by atoms with E-state index in [1.165, 1.54) is 12.8 Å². The molecule has 0 bridgehead atoms. The summed E-state index contributed by atoms with van der Waals surface area (Å²) in [5, 5.41) is 0.969. The fourth-order valence-electron chi connectivity index (χ4n) is 3.82. The molecule has 162 valence electrons. The highest BCUT2D eigenvalue weighted by molar-refractivity contribution is 6.42. The first-order valence-electron chi connectivity index (χ1n) is 10.6. The number of nitrogens with zero attached hydrogens (tertiary/aromatic N) is 2. The molecule has 3 rings (SSSR count). The lowest BCUT2D eigenvalue weighted by atomic mass is 10.0. The first kappa shape index (κ1) is 22.9. The third-order valence-corrected chi connectivity index (χ3v) is 6.28. The second-order valence-electron chi connectivity index (χ2n) is 7.87. The van der Waals surface area contributed by atoms with E-state index in [2.05, 4.69) is 24.0 Å². The highest BCUT2D eigenvalue weighted by Crippen LogP contribution is 2.28. The van der Waals surface area contributed by atoms with Gasteiger partial charge in [0.25, 0.3) is 0 Å². The van der Waals surface area contributed by atoms with Crippen LogP contribution in [0, 0.1) is 0 Å². The highest BCUT2D eigenvalue weighted by Gasteiger charge is 2.26. The molecule has 0 N–H and O–H groups in total. The monoisotopic (exact) mass is 448 g/mol. The van der Waals surface area contributed by atoms with Crippen molar-refractivity contribution in [3.8, 4) is 5.75 Å².